The van der Waals surface area contributed by atoms with Gasteiger partial charge in [0.1, 0.15) is 5.00 Å². The number of ketones is 1. The zero-order valence-electron chi connectivity index (χ0n) is 17.4. The fourth-order valence-electron chi connectivity index (χ4n) is 2.97. The third-order valence-electron chi connectivity index (χ3n) is 4.71. The van der Waals surface area contributed by atoms with Crippen LogP contribution in [0.3, 0.4) is 0 Å². The van der Waals surface area contributed by atoms with Crippen LogP contribution in [0, 0.1) is 20.8 Å². The number of anilines is 1. The Kier molecular flexibility index (Phi) is 6.17. The van der Waals surface area contributed by atoms with Crippen molar-refractivity contribution < 1.29 is 23.6 Å². The Labute approximate surface area is 178 Å². The number of amides is 1. The Morgan fingerprint density at radius 2 is 1.87 bits per heavy atom. The predicted molar refractivity (Wildman–Crippen MR) is 114 cm³/mol. The van der Waals surface area contributed by atoms with Crippen molar-refractivity contribution in [2.75, 3.05) is 11.9 Å². The molecule has 0 unspecified atom stereocenters. The molecule has 2 heterocycles. The monoisotopic (exact) mass is 426 g/mol. The standard InChI is InChI=1S/C22H22N2O5S/c1-6-28-22(27)18-13(4)19(14(5)25)30-21(18)23-20(26)16-10-17(29-24-16)15-8-7-11(2)12(3)9-15/h7-10H,6H2,1-5H3,(H,23,26). The van der Waals surface area contributed by atoms with Crippen LogP contribution < -0.4 is 5.32 Å². The molecule has 3 aromatic rings. The van der Waals surface area contributed by atoms with Crippen LogP contribution in [0.1, 0.15) is 61.1 Å². The van der Waals surface area contributed by atoms with E-state index < -0.39 is 11.9 Å². The Bertz CT molecular complexity index is 1140. The molecule has 0 spiro atoms. The third kappa shape index (κ3) is 4.18. The molecule has 30 heavy (non-hydrogen) atoms. The van der Waals surface area contributed by atoms with Gasteiger partial charge < -0.3 is 14.6 Å². The number of ether oxygens (including phenoxy) is 1. The number of hydrogen-bond acceptors (Lipinski definition) is 7. The predicted octanol–water partition coefficient (Wildman–Crippen LogP) is 4.96. The minimum absolute atomic E-state index is 0.0634. The number of nitrogens with one attached hydrogen (secondary N) is 1. The molecule has 3 rings (SSSR count). The van der Waals surface area contributed by atoms with E-state index in [-0.39, 0.29) is 28.6 Å². The zero-order valence-corrected chi connectivity index (χ0v) is 18.2. The summed E-state index contributed by atoms with van der Waals surface area (Å²) in [6, 6.07) is 7.36. The first-order valence-electron chi connectivity index (χ1n) is 9.40. The molecular weight excluding hydrogens is 404 g/mol. The van der Waals surface area contributed by atoms with Crippen LogP contribution in [0.4, 0.5) is 5.00 Å². The zero-order chi connectivity index (χ0) is 22.0. The van der Waals surface area contributed by atoms with Crippen LogP contribution in [-0.2, 0) is 4.74 Å². The van der Waals surface area contributed by atoms with E-state index in [9.17, 15) is 14.4 Å². The minimum atomic E-state index is -0.593. The maximum Gasteiger partial charge on any atom is 0.341 e. The number of Topliss-reactive ketones (excluding diaryl/α,β-unsaturated/α-hetero) is 1. The number of aromatic nitrogens is 1. The molecule has 156 valence electrons. The van der Waals surface area contributed by atoms with E-state index in [0.717, 1.165) is 28.0 Å². The number of hydrogen-bond donors (Lipinski definition) is 1. The summed E-state index contributed by atoms with van der Waals surface area (Å²) in [6.07, 6.45) is 0. The summed E-state index contributed by atoms with van der Waals surface area (Å²) in [6.45, 7) is 8.94. The number of rotatable bonds is 6. The summed E-state index contributed by atoms with van der Waals surface area (Å²) < 4.78 is 10.4. The second kappa shape index (κ2) is 8.62. The van der Waals surface area contributed by atoms with Crippen LogP contribution in [0.5, 0.6) is 0 Å². The van der Waals surface area contributed by atoms with Crippen molar-refractivity contribution >= 4 is 34.0 Å². The second-order valence-corrected chi connectivity index (χ2v) is 7.89. The first-order chi connectivity index (χ1) is 14.2. The molecule has 1 aromatic carbocycles. The lowest BCUT2D eigenvalue weighted by atomic mass is 10.0. The van der Waals surface area contributed by atoms with Gasteiger partial charge in [0.15, 0.2) is 17.2 Å². The molecule has 7 nitrogen and oxygen atoms in total. The van der Waals surface area contributed by atoms with E-state index in [1.165, 1.54) is 13.0 Å². The van der Waals surface area contributed by atoms with Crippen LogP contribution >= 0.6 is 11.3 Å². The number of thiophene rings is 1. The number of nitrogens with zero attached hydrogens (tertiary/aromatic N) is 1. The highest BCUT2D eigenvalue weighted by molar-refractivity contribution is 7.18. The first kappa shape index (κ1) is 21.4. The summed E-state index contributed by atoms with van der Waals surface area (Å²) in [5, 5.41) is 6.77. The van der Waals surface area contributed by atoms with Gasteiger partial charge in [0.05, 0.1) is 17.0 Å². The Hall–Kier alpha value is -3.26. The quantitative estimate of drug-likeness (QED) is 0.442. The molecule has 1 amide bonds. The summed E-state index contributed by atoms with van der Waals surface area (Å²) in [5.74, 6) is -0.872. The van der Waals surface area contributed by atoms with Gasteiger partial charge in [0.2, 0.25) is 0 Å². The lowest BCUT2D eigenvalue weighted by molar-refractivity contribution is 0.0527. The Morgan fingerprint density at radius 1 is 1.13 bits per heavy atom. The van der Waals surface area contributed by atoms with Crippen molar-refractivity contribution in [1.29, 1.82) is 0 Å². The molecule has 0 aliphatic carbocycles. The van der Waals surface area contributed by atoms with Gasteiger partial charge in [-0.1, -0.05) is 17.3 Å². The number of carbonyl (C=O) groups is 3. The molecule has 1 N–H and O–H groups in total. The molecule has 2 aromatic heterocycles. The Morgan fingerprint density at radius 3 is 2.50 bits per heavy atom. The van der Waals surface area contributed by atoms with Crippen LogP contribution in [0.25, 0.3) is 11.3 Å². The number of esters is 1. The molecule has 0 saturated carbocycles. The van der Waals surface area contributed by atoms with Gasteiger partial charge in [-0.15, -0.1) is 11.3 Å². The van der Waals surface area contributed by atoms with Gasteiger partial charge in [-0.25, -0.2) is 4.79 Å². The van der Waals surface area contributed by atoms with E-state index >= 15 is 0 Å². The lowest BCUT2D eigenvalue weighted by Crippen LogP contribution is -2.15. The van der Waals surface area contributed by atoms with Crippen LogP contribution in [-0.4, -0.2) is 29.4 Å². The van der Waals surface area contributed by atoms with Crippen molar-refractivity contribution in [1.82, 2.24) is 5.16 Å². The van der Waals surface area contributed by atoms with Gasteiger partial charge in [0, 0.05) is 11.6 Å². The fourth-order valence-corrected chi connectivity index (χ4v) is 4.05. The Balaban J connectivity index is 1.90. The van der Waals surface area contributed by atoms with Crippen LogP contribution in [0.15, 0.2) is 28.8 Å². The van der Waals surface area contributed by atoms with E-state index in [0.29, 0.717) is 16.2 Å². The lowest BCUT2D eigenvalue weighted by Gasteiger charge is -2.05. The summed E-state index contributed by atoms with van der Waals surface area (Å²) in [7, 11) is 0. The topological polar surface area (TPSA) is 98.5 Å². The summed E-state index contributed by atoms with van der Waals surface area (Å²) >= 11 is 1.04. The molecule has 0 atom stereocenters. The third-order valence-corrected chi connectivity index (χ3v) is 6.02. The van der Waals surface area contributed by atoms with Crippen molar-refractivity contribution in [2.45, 2.75) is 34.6 Å². The SMILES string of the molecule is CCOC(=O)c1c(NC(=O)c2cc(-c3ccc(C)c(C)c3)on2)sc(C(C)=O)c1C. The van der Waals surface area contributed by atoms with Crippen molar-refractivity contribution in [2.24, 2.45) is 0 Å². The highest BCUT2D eigenvalue weighted by Gasteiger charge is 2.26. The molecule has 0 radical (unpaired) electrons. The van der Waals surface area contributed by atoms with Gasteiger partial charge in [-0.2, -0.15) is 0 Å². The van der Waals surface area contributed by atoms with Gasteiger partial charge in [-0.3, -0.25) is 9.59 Å². The normalized spacial score (nSPS) is 10.7. The average molecular weight is 426 g/mol. The van der Waals surface area contributed by atoms with Crippen molar-refractivity contribution in [3.63, 3.8) is 0 Å². The maximum absolute atomic E-state index is 12.7. The molecule has 8 heteroatoms. The maximum atomic E-state index is 12.7. The van der Waals surface area contributed by atoms with E-state index in [1.807, 2.05) is 32.0 Å². The molecule has 0 fully saturated rings. The molecule has 0 bridgehead atoms. The van der Waals surface area contributed by atoms with E-state index in [1.54, 1.807) is 13.8 Å². The molecular formula is C22H22N2O5S. The van der Waals surface area contributed by atoms with Crippen molar-refractivity contribution in [3.05, 3.63) is 57.1 Å². The fraction of sp³-hybridized carbons (Fsp3) is 0.273. The number of carbonyl (C=O) groups excluding carboxylic acids is 3. The van der Waals surface area contributed by atoms with Crippen LogP contribution in [0.2, 0.25) is 0 Å². The second-order valence-electron chi connectivity index (χ2n) is 6.87. The largest absolute Gasteiger partial charge is 0.462 e. The molecule has 0 aliphatic heterocycles. The van der Waals surface area contributed by atoms with Gasteiger partial charge in [-0.05, 0) is 57.4 Å². The van der Waals surface area contributed by atoms with E-state index in [4.69, 9.17) is 9.26 Å². The number of aryl methyl sites for hydroxylation is 2. The minimum Gasteiger partial charge on any atom is -0.462 e. The van der Waals surface area contributed by atoms with E-state index in [2.05, 4.69) is 10.5 Å². The van der Waals surface area contributed by atoms with Crippen molar-refractivity contribution in [3.8, 4) is 11.3 Å². The summed E-state index contributed by atoms with van der Waals surface area (Å²) in [4.78, 5) is 37.4. The van der Waals surface area contributed by atoms with Gasteiger partial charge in [0.25, 0.3) is 5.91 Å². The smallest absolute Gasteiger partial charge is 0.341 e. The average Bonchev–Trinajstić information content (AvgIpc) is 3.29. The highest BCUT2D eigenvalue weighted by atomic mass is 32.1. The highest BCUT2D eigenvalue weighted by Crippen LogP contribution is 2.34. The molecule has 0 aliphatic rings. The van der Waals surface area contributed by atoms with Gasteiger partial charge >= 0.3 is 5.97 Å². The first-order valence-corrected chi connectivity index (χ1v) is 10.2. The molecule has 0 saturated heterocycles. The summed E-state index contributed by atoms with van der Waals surface area (Å²) in [5.41, 5.74) is 3.78. The number of benzene rings is 1.